The molecule has 1 aliphatic rings. The molecule has 2 atom stereocenters. The van der Waals surface area contributed by atoms with Crippen LogP contribution in [0.4, 0.5) is 5.82 Å². The van der Waals surface area contributed by atoms with Crippen molar-refractivity contribution in [1.82, 2.24) is 14.0 Å². The molecule has 1 aliphatic heterocycles. The van der Waals surface area contributed by atoms with Crippen molar-refractivity contribution in [2.75, 3.05) is 25.4 Å². The van der Waals surface area contributed by atoms with Crippen LogP contribution in [-0.2, 0) is 18.3 Å². The molecular weight excluding hydrogens is 312 g/mol. The van der Waals surface area contributed by atoms with Crippen molar-refractivity contribution in [1.29, 1.82) is 0 Å². The van der Waals surface area contributed by atoms with Crippen molar-refractivity contribution < 1.29 is 9.53 Å². The molecule has 2 N–H and O–H groups in total. The van der Waals surface area contributed by atoms with Crippen LogP contribution in [0, 0.1) is 0 Å². The van der Waals surface area contributed by atoms with Crippen LogP contribution in [0.2, 0.25) is 0 Å². The number of carbonyl (C=O) groups excluding carboxylic acids is 1. The number of ether oxygens (including phenoxy) is 1. The first-order chi connectivity index (χ1) is 11.3. The number of carbonyl (C=O) groups is 1. The lowest BCUT2D eigenvalue weighted by molar-refractivity contribution is -0.0652. The summed E-state index contributed by atoms with van der Waals surface area (Å²) in [4.78, 5) is 39.2. The van der Waals surface area contributed by atoms with E-state index in [1.807, 2.05) is 25.7 Å². The number of hydrogen-bond donors (Lipinski definition) is 1. The molecule has 2 heterocycles. The number of anilines is 1. The van der Waals surface area contributed by atoms with E-state index in [1.54, 1.807) is 0 Å². The molecule has 0 amide bonds. The average molecular weight is 338 g/mol. The molecule has 0 radical (unpaired) electrons. The fourth-order valence-corrected chi connectivity index (χ4v) is 3.18. The molecule has 0 bridgehead atoms. The van der Waals surface area contributed by atoms with Gasteiger partial charge in [-0.05, 0) is 20.3 Å². The lowest BCUT2D eigenvalue weighted by Crippen LogP contribution is -2.49. The Morgan fingerprint density at radius 1 is 1.25 bits per heavy atom. The van der Waals surface area contributed by atoms with Gasteiger partial charge in [0.15, 0.2) is 5.78 Å². The predicted octanol–water partition coefficient (Wildman–Crippen LogP) is -0.169. The molecular formula is C16H26N4O4. The summed E-state index contributed by atoms with van der Waals surface area (Å²) in [6.45, 7) is 7.47. The van der Waals surface area contributed by atoms with E-state index in [9.17, 15) is 14.4 Å². The molecule has 0 spiro atoms. The van der Waals surface area contributed by atoms with Crippen molar-refractivity contribution >= 4 is 11.6 Å². The van der Waals surface area contributed by atoms with Gasteiger partial charge in [0.05, 0.1) is 18.8 Å². The number of aromatic nitrogens is 2. The highest BCUT2D eigenvalue weighted by molar-refractivity contribution is 6.01. The lowest BCUT2D eigenvalue weighted by atomic mass is 10.1. The minimum atomic E-state index is -0.635. The highest BCUT2D eigenvalue weighted by Gasteiger charge is 2.27. The van der Waals surface area contributed by atoms with E-state index in [4.69, 9.17) is 10.5 Å². The zero-order valence-corrected chi connectivity index (χ0v) is 14.7. The van der Waals surface area contributed by atoms with Gasteiger partial charge < -0.3 is 10.5 Å². The van der Waals surface area contributed by atoms with Crippen molar-refractivity contribution in [3.63, 3.8) is 0 Å². The smallest absolute Gasteiger partial charge is 0.332 e. The van der Waals surface area contributed by atoms with Crippen LogP contribution in [-0.4, -0.2) is 51.7 Å². The van der Waals surface area contributed by atoms with E-state index >= 15 is 0 Å². The molecule has 0 saturated carbocycles. The summed E-state index contributed by atoms with van der Waals surface area (Å²) < 4.78 is 7.89. The number of nitrogens with zero attached hydrogens (tertiary/aromatic N) is 3. The Hall–Kier alpha value is -1.93. The van der Waals surface area contributed by atoms with Crippen LogP contribution < -0.4 is 17.0 Å². The number of morpholine rings is 1. The third-order valence-corrected chi connectivity index (χ3v) is 4.17. The summed E-state index contributed by atoms with van der Waals surface area (Å²) in [5, 5.41) is 0. The Bertz CT molecular complexity index is 727. The first-order valence-electron chi connectivity index (χ1n) is 8.26. The number of hydrogen-bond acceptors (Lipinski definition) is 6. The average Bonchev–Trinajstić information content (AvgIpc) is 2.48. The van der Waals surface area contributed by atoms with Crippen LogP contribution >= 0.6 is 0 Å². The fourth-order valence-electron chi connectivity index (χ4n) is 3.18. The SMILES string of the molecule is CCCn1c(N)c(C(=O)CN2C[C@@H](C)O[C@H](C)C2)c(=O)n(C)c1=O. The summed E-state index contributed by atoms with van der Waals surface area (Å²) in [7, 11) is 1.37. The summed E-state index contributed by atoms with van der Waals surface area (Å²) in [6, 6.07) is 0. The summed E-state index contributed by atoms with van der Waals surface area (Å²) in [5.74, 6) is -0.399. The zero-order chi connectivity index (χ0) is 18.0. The molecule has 0 aromatic carbocycles. The van der Waals surface area contributed by atoms with Crippen molar-refractivity contribution in [3.05, 3.63) is 26.4 Å². The highest BCUT2D eigenvalue weighted by atomic mass is 16.5. The number of nitrogens with two attached hydrogens (primary N) is 1. The van der Waals surface area contributed by atoms with Crippen LogP contribution in [0.15, 0.2) is 9.59 Å². The van der Waals surface area contributed by atoms with Gasteiger partial charge in [0.25, 0.3) is 5.56 Å². The largest absolute Gasteiger partial charge is 0.384 e. The normalized spacial score (nSPS) is 21.8. The Labute approximate surface area is 140 Å². The molecule has 1 saturated heterocycles. The minimum absolute atomic E-state index is 0.0239. The Kier molecular flexibility index (Phi) is 5.61. The molecule has 1 fully saturated rings. The standard InChI is InChI=1S/C16H26N4O4/c1-5-6-20-14(17)13(15(22)18(4)16(20)23)12(21)9-19-7-10(2)24-11(3)8-19/h10-11H,5-9,17H2,1-4H3/t10-,11-/m1/s1. The maximum Gasteiger partial charge on any atom is 0.332 e. The Balaban J connectivity index is 2.35. The molecule has 1 aromatic rings. The van der Waals surface area contributed by atoms with Gasteiger partial charge in [-0.2, -0.15) is 0 Å². The van der Waals surface area contributed by atoms with Gasteiger partial charge in [-0.15, -0.1) is 0 Å². The van der Waals surface area contributed by atoms with Crippen molar-refractivity contribution in [2.45, 2.75) is 45.9 Å². The molecule has 0 aliphatic carbocycles. The third-order valence-electron chi connectivity index (χ3n) is 4.17. The van der Waals surface area contributed by atoms with Crippen molar-refractivity contribution in [3.8, 4) is 0 Å². The van der Waals surface area contributed by atoms with E-state index in [2.05, 4.69) is 0 Å². The van der Waals surface area contributed by atoms with Gasteiger partial charge in [-0.25, -0.2) is 4.79 Å². The summed E-state index contributed by atoms with van der Waals surface area (Å²) in [5.41, 5.74) is 4.76. The van der Waals surface area contributed by atoms with E-state index in [-0.39, 0.29) is 35.9 Å². The van der Waals surface area contributed by atoms with Gasteiger partial charge in [0.2, 0.25) is 0 Å². The maximum absolute atomic E-state index is 12.7. The van der Waals surface area contributed by atoms with Crippen LogP contribution in [0.25, 0.3) is 0 Å². The number of nitrogen functional groups attached to an aromatic ring is 1. The highest BCUT2D eigenvalue weighted by Crippen LogP contribution is 2.13. The van der Waals surface area contributed by atoms with E-state index in [1.165, 1.54) is 11.6 Å². The van der Waals surface area contributed by atoms with Gasteiger partial charge in [0, 0.05) is 26.7 Å². The third kappa shape index (κ3) is 3.59. The molecule has 0 unspecified atom stereocenters. The predicted molar refractivity (Wildman–Crippen MR) is 91.4 cm³/mol. The Morgan fingerprint density at radius 3 is 2.38 bits per heavy atom. The van der Waals surface area contributed by atoms with Gasteiger partial charge in [-0.3, -0.25) is 23.6 Å². The quantitative estimate of drug-likeness (QED) is 0.749. The number of rotatable bonds is 5. The second-order valence-corrected chi connectivity index (χ2v) is 6.43. The zero-order valence-electron chi connectivity index (χ0n) is 14.7. The summed E-state index contributed by atoms with van der Waals surface area (Å²) in [6.07, 6.45) is 0.723. The molecule has 24 heavy (non-hydrogen) atoms. The van der Waals surface area contributed by atoms with Gasteiger partial charge in [-0.1, -0.05) is 6.92 Å². The molecule has 1 aromatic heterocycles. The monoisotopic (exact) mass is 338 g/mol. The number of Topliss-reactive ketones (excluding diaryl/α,β-unsaturated/α-hetero) is 1. The second kappa shape index (κ2) is 7.31. The van der Waals surface area contributed by atoms with Gasteiger partial charge in [0.1, 0.15) is 11.4 Å². The van der Waals surface area contributed by atoms with E-state index in [0.29, 0.717) is 26.1 Å². The van der Waals surface area contributed by atoms with Crippen LogP contribution in [0.5, 0.6) is 0 Å². The van der Waals surface area contributed by atoms with E-state index < -0.39 is 11.2 Å². The van der Waals surface area contributed by atoms with Gasteiger partial charge >= 0.3 is 5.69 Å². The lowest BCUT2D eigenvalue weighted by Gasteiger charge is -2.34. The fraction of sp³-hybridized carbons (Fsp3) is 0.688. The topological polar surface area (TPSA) is 99.6 Å². The molecule has 8 heteroatoms. The number of ketones is 1. The first-order valence-corrected chi connectivity index (χ1v) is 8.26. The maximum atomic E-state index is 12.7. The van der Waals surface area contributed by atoms with E-state index in [0.717, 1.165) is 4.57 Å². The van der Waals surface area contributed by atoms with Crippen LogP contribution in [0.1, 0.15) is 37.6 Å². The van der Waals surface area contributed by atoms with Crippen LogP contribution in [0.3, 0.4) is 0 Å². The molecule has 2 rings (SSSR count). The van der Waals surface area contributed by atoms with Crippen molar-refractivity contribution in [2.24, 2.45) is 7.05 Å². The minimum Gasteiger partial charge on any atom is -0.384 e. The second-order valence-electron chi connectivity index (χ2n) is 6.43. The summed E-state index contributed by atoms with van der Waals surface area (Å²) >= 11 is 0. The molecule has 134 valence electrons. The first kappa shape index (κ1) is 18.4. The Morgan fingerprint density at radius 2 is 1.83 bits per heavy atom. The molecule has 8 nitrogen and oxygen atoms in total.